The molecule has 2 N–H and O–H groups in total. The Bertz CT molecular complexity index is 537. The first kappa shape index (κ1) is 18.4. The number of hydrogen-bond acceptors (Lipinski definition) is 2. The molecule has 4 nitrogen and oxygen atoms in total. The number of carbonyl (C=O) groups excluding carboxylic acids is 2. The molecular formula is C19H27FN2O2. The fraction of sp³-hybridized carbons (Fsp3) is 0.579. The number of benzene rings is 1. The lowest BCUT2D eigenvalue weighted by Crippen LogP contribution is -2.37. The van der Waals surface area contributed by atoms with Crippen LogP contribution in [0, 0.1) is 17.7 Å². The van der Waals surface area contributed by atoms with E-state index in [2.05, 4.69) is 17.6 Å². The normalized spacial score (nSPS) is 20.4. The van der Waals surface area contributed by atoms with Crippen LogP contribution in [-0.2, 0) is 16.1 Å². The van der Waals surface area contributed by atoms with E-state index in [1.54, 1.807) is 12.1 Å². The van der Waals surface area contributed by atoms with Gasteiger partial charge in [0.05, 0.1) is 0 Å². The summed E-state index contributed by atoms with van der Waals surface area (Å²) in [5.41, 5.74) is 0.883. The molecule has 1 saturated carbocycles. The van der Waals surface area contributed by atoms with E-state index in [4.69, 9.17) is 0 Å². The summed E-state index contributed by atoms with van der Waals surface area (Å²) in [6, 6.07) is 6.13. The second-order valence-corrected chi connectivity index (χ2v) is 6.54. The molecule has 132 valence electrons. The predicted octanol–water partition coefficient (Wildman–Crippen LogP) is 3.16. The number of rotatable bonds is 7. The largest absolute Gasteiger partial charge is 0.356 e. The topological polar surface area (TPSA) is 58.2 Å². The Morgan fingerprint density at radius 2 is 1.54 bits per heavy atom. The van der Waals surface area contributed by atoms with E-state index in [1.807, 2.05) is 0 Å². The van der Waals surface area contributed by atoms with Gasteiger partial charge in [0, 0.05) is 24.9 Å². The molecule has 5 heteroatoms. The lowest BCUT2D eigenvalue weighted by atomic mass is 9.81. The number of nitrogens with one attached hydrogen (secondary N) is 2. The summed E-state index contributed by atoms with van der Waals surface area (Å²) in [5.74, 6) is -0.0912. The third-order valence-corrected chi connectivity index (χ3v) is 4.68. The fourth-order valence-electron chi connectivity index (χ4n) is 3.09. The Balaban J connectivity index is 1.70. The third kappa shape index (κ3) is 5.62. The van der Waals surface area contributed by atoms with Crippen molar-refractivity contribution in [3.05, 3.63) is 35.6 Å². The van der Waals surface area contributed by atoms with Crippen LogP contribution in [0.3, 0.4) is 0 Å². The number of hydrogen-bond donors (Lipinski definition) is 2. The van der Waals surface area contributed by atoms with Crippen molar-refractivity contribution in [3.8, 4) is 0 Å². The molecule has 0 atom stereocenters. The van der Waals surface area contributed by atoms with Crippen LogP contribution >= 0.6 is 0 Å². The minimum Gasteiger partial charge on any atom is -0.356 e. The van der Waals surface area contributed by atoms with Crippen molar-refractivity contribution in [3.63, 3.8) is 0 Å². The minimum atomic E-state index is -0.277. The van der Waals surface area contributed by atoms with Gasteiger partial charge >= 0.3 is 0 Å². The van der Waals surface area contributed by atoms with Crippen LogP contribution in [0.5, 0.6) is 0 Å². The number of unbranched alkanes of at least 4 members (excludes halogenated alkanes) is 1. The molecular weight excluding hydrogens is 307 g/mol. The van der Waals surface area contributed by atoms with E-state index in [1.165, 1.54) is 12.1 Å². The molecule has 1 aliphatic rings. The Kier molecular flexibility index (Phi) is 7.22. The van der Waals surface area contributed by atoms with Crippen LogP contribution in [0.4, 0.5) is 4.39 Å². The van der Waals surface area contributed by atoms with Crippen molar-refractivity contribution in [2.75, 3.05) is 6.54 Å². The summed E-state index contributed by atoms with van der Waals surface area (Å²) < 4.78 is 12.9. The summed E-state index contributed by atoms with van der Waals surface area (Å²) in [7, 11) is 0. The Hall–Kier alpha value is -1.91. The van der Waals surface area contributed by atoms with Crippen LogP contribution in [0.2, 0.25) is 0 Å². The highest BCUT2D eigenvalue weighted by molar-refractivity contribution is 5.81. The molecule has 0 saturated heterocycles. The molecule has 24 heavy (non-hydrogen) atoms. The first-order valence-electron chi connectivity index (χ1n) is 8.90. The van der Waals surface area contributed by atoms with Gasteiger partial charge in [-0.25, -0.2) is 4.39 Å². The quantitative estimate of drug-likeness (QED) is 0.753. The maximum absolute atomic E-state index is 12.9. The Morgan fingerprint density at radius 1 is 1.00 bits per heavy atom. The molecule has 0 spiro atoms. The zero-order valence-corrected chi connectivity index (χ0v) is 14.3. The standard InChI is InChI=1S/C19H27FN2O2/c1-2-3-12-21-18(23)15-6-8-16(9-7-15)19(24)22-13-14-4-10-17(20)11-5-14/h4-5,10-11,15-16H,2-3,6-9,12-13H2,1H3,(H,21,23)(H,22,24). The highest BCUT2D eigenvalue weighted by Gasteiger charge is 2.29. The Labute approximate surface area is 143 Å². The zero-order valence-electron chi connectivity index (χ0n) is 14.3. The van der Waals surface area contributed by atoms with Crippen molar-refractivity contribution in [2.45, 2.75) is 52.0 Å². The summed E-state index contributed by atoms with van der Waals surface area (Å²) >= 11 is 0. The Morgan fingerprint density at radius 3 is 2.08 bits per heavy atom. The fourth-order valence-corrected chi connectivity index (χ4v) is 3.09. The summed E-state index contributed by atoms with van der Waals surface area (Å²) in [5, 5.41) is 5.89. The first-order chi connectivity index (χ1) is 11.6. The van der Waals surface area contributed by atoms with Crippen molar-refractivity contribution < 1.29 is 14.0 Å². The lowest BCUT2D eigenvalue weighted by Gasteiger charge is -2.27. The maximum Gasteiger partial charge on any atom is 0.223 e. The number of halogens is 1. The third-order valence-electron chi connectivity index (χ3n) is 4.68. The molecule has 1 aromatic carbocycles. The second kappa shape index (κ2) is 9.40. The van der Waals surface area contributed by atoms with E-state index in [-0.39, 0.29) is 29.5 Å². The van der Waals surface area contributed by atoms with Gasteiger partial charge in [-0.15, -0.1) is 0 Å². The molecule has 2 rings (SSSR count). The number of amides is 2. The smallest absolute Gasteiger partial charge is 0.223 e. The average molecular weight is 334 g/mol. The molecule has 2 amide bonds. The van der Waals surface area contributed by atoms with Gasteiger partial charge in [-0.3, -0.25) is 9.59 Å². The minimum absolute atomic E-state index is 0.0230. The van der Waals surface area contributed by atoms with Crippen molar-refractivity contribution >= 4 is 11.8 Å². The van der Waals surface area contributed by atoms with E-state index in [0.717, 1.165) is 50.6 Å². The van der Waals surface area contributed by atoms with Gasteiger partial charge < -0.3 is 10.6 Å². The van der Waals surface area contributed by atoms with Crippen LogP contribution in [0.1, 0.15) is 51.0 Å². The number of carbonyl (C=O) groups is 2. The van der Waals surface area contributed by atoms with Crippen molar-refractivity contribution in [1.82, 2.24) is 10.6 Å². The molecule has 0 unspecified atom stereocenters. The SMILES string of the molecule is CCCCNC(=O)C1CCC(C(=O)NCc2ccc(F)cc2)CC1. The molecule has 1 fully saturated rings. The van der Waals surface area contributed by atoms with Gasteiger partial charge in [-0.1, -0.05) is 25.5 Å². The van der Waals surface area contributed by atoms with Crippen LogP contribution in [0.25, 0.3) is 0 Å². The molecule has 0 bridgehead atoms. The van der Waals surface area contributed by atoms with Gasteiger partial charge in [-0.05, 0) is 49.8 Å². The molecule has 1 aromatic rings. The van der Waals surface area contributed by atoms with E-state index in [9.17, 15) is 14.0 Å². The van der Waals surface area contributed by atoms with Crippen LogP contribution in [-0.4, -0.2) is 18.4 Å². The molecule has 0 heterocycles. The van der Waals surface area contributed by atoms with Crippen molar-refractivity contribution in [1.29, 1.82) is 0 Å². The monoisotopic (exact) mass is 334 g/mol. The van der Waals surface area contributed by atoms with Gasteiger partial charge in [0.25, 0.3) is 0 Å². The predicted molar refractivity (Wildman–Crippen MR) is 91.6 cm³/mol. The molecule has 0 aromatic heterocycles. The van der Waals surface area contributed by atoms with Crippen molar-refractivity contribution in [2.24, 2.45) is 11.8 Å². The van der Waals surface area contributed by atoms with Crippen LogP contribution < -0.4 is 10.6 Å². The summed E-state index contributed by atoms with van der Waals surface area (Å²) in [6.07, 6.45) is 5.12. The zero-order chi connectivity index (χ0) is 17.4. The van der Waals surface area contributed by atoms with Gasteiger partial charge in [0.15, 0.2) is 0 Å². The summed E-state index contributed by atoms with van der Waals surface area (Å²) in [6.45, 7) is 3.26. The van der Waals surface area contributed by atoms with Gasteiger partial charge in [0.2, 0.25) is 11.8 Å². The molecule has 0 radical (unpaired) electrons. The molecule has 0 aliphatic heterocycles. The lowest BCUT2D eigenvalue weighted by molar-refractivity contribution is -0.130. The maximum atomic E-state index is 12.9. The highest BCUT2D eigenvalue weighted by Crippen LogP contribution is 2.29. The molecule has 1 aliphatic carbocycles. The summed E-state index contributed by atoms with van der Waals surface area (Å²) in [4.78, 5) is 24.3. The van der Waals surface area contributed by atoms with Gasteiger partial charge in [-0.2, -0.15) is 0 Å². The second-order valence-electron chi connectivity index (χ2n) is 6.54. The van der Waals surface area contributed by atoms with E-state index >= 15 is 0 Å². The first-order valence-corrected chi connectivity index (χ1v) is 8.90. The van der Waals surface area contributed by atoms with Gasteiger partial charge in [0.1, 0.15) is 5.82 Å². The highest BCUT2D eigenvalue weighted by atomic mass is 19.1. The van der Waals surface area contributed by atoms with E-state index < -0.39 is 0 Å². The van der Waals surface area contributed by atoms with E-state index in [0.29, 0.717) is 6.54 Å². The van der Waals surface area contributed by atoms with Crippen LogP contribution in [0.15, 0.2) is 24.3 Å². The average Bonchev–Trinajstić information content (AvgIpc) is 2.61.